The topological polar surface area (TPSA) is 114 Å². The number of hydrogen-bond donors (Lipinski definition) is 2. The van der Waals surface area contributed by atoms with E-state index in [1.165, 1.54) is 38.5 Å². The summed E-state index contributed by atoms with van der Waals surface area (Å²) in [6.45, 7) is 3.15. The van der Waals surface area contributed by atoms with Crippen molar-refractivity contribution in [1.29, 1.82) is 0 Å². The van der Waals surface area contributed by atoms with Crippen LogP contribution < -0.4 is 24.4 Å². The van der Waals surface area contributed by atoms with Gasteiger partial charge in [0.1, 0.15) is 6.54 Å². The van der Waals surface area contributed by atoms with Crippen LogP contribution in [0.4, 0.5) is 11.4 Å². The van der Waals surface area contributed by atoms with Crippen molar-refractivity contribution < 1.29 is 27.5 Å². The van der Waals surface area contributed by atoms with Gasteiger partial charge >= 0.3 is 0 Å². The SMILES string of the molecule is COc1ccc(N(CC(=O)Nc2ccccc2C(=O)N[C@H](C)c2ccccc2)S(=O)(=O)c2ccc(C)cc2)cc1OC. The number of ether oxygens (including phenoxy) is 2. The molecule has 4 aromatic carbocycles. The summed E-state index contributed by atoms with van der Waals surface area (Å²) in [5.41, 5.74) is 2.51. The largest absolute Gasteiger partial charge is 0.493 e. The first-order chi connectivity index (χ1) is 20.1. The van der Waals surface area contributed by atoms with Gasteiger partial charge in [-0.15, -0.1) is 0 Å². The second-order valence-corrected chi connectivity index (χ2v) is 11.4. The van der Waals surface area contributed by atoms with Crippen LogP contribution in [-0.4, -0.2) is 41.0 Å². The summed E-state index contributed by atoms with van der Waals surface area (Å²) in [7, 11) is -1.27. The molecule has 0 radical (unpaired) electrons. The van der Waals surface area contributed by atoms with Crippen molar-refractivity contribution >= 4 is 33.2 Å². The Labute approximate surface area is 246 Å². The Morgan fingerprint density at radius 3 is 2.14 bits per heavy atom. The Morgan fingerprint density at radius 1 is 0.833 bits per heavy atom. The fourth-order valence-electron chi connectivity index (χ4n) is 4.34. The molecule has 0 aromatic heterocycles. The number of hydrogen-bond acceptors (Lipinski definition) is 6. The third-order valence-electron chi connectivity index (χ3n) is 6.64. The summed E-state index contributed by atoms with van der Waals surface area (Å²) in [5.74, 6) is -0.319. The van der Waals surface area contributed by atoms with Gasteiger partial charge in [-0.25, -0.2) is 8.42 Å². The van der Waals surface area contributed by atoms with Crippen molar-refractivity contribution in [3.63, 3.8) is 0 Å². The van der Waals surface area contributed by atoms with Gasteiger partial charge in [0.05, 0.1) is 42.1 Å². The minimum atomic E-state index is -4.18. The van der Waals surface area contributed by atoms with Gasteiger partial charge in [-0.2, -0.15) is 0 Å². The Balaban J connectivity index is 1.62. The van der Waals surface area contributed by atoms with Crippen molar-refractivity contribution in [3.05, 3.63) is 114 Å². The number of methoxy groups -OCH3 is 2. The summed E-state index contributed by atoms with van der Waals surface area (Å²) < 4.78 is 39.3. The number of benzene rings is 4. The molecular formula is C32H33N3O6S. The van der Waals surface area contributed by atoms with E-state index >= 15 is 0 Å². The molecule has 0 fully saturated rings. The fraction of sp³-hybridized carbons (Fsp3) is 0.188. The third-order valence-corrected chi connectivity index (χ3v) is 8.43. The molecule has 2 N–H and O–H groups in total. The Kier molecular flexibility index (Phi) is 9.49. The average Bonchev–Trinajstić information content (AvgIpc) is 3.00. The van der Waals surface area contributed by atoms with Crippen molar-refractivity contribution in [3.8, 4) is 11.5 Å². The van der Waals surface area contributed by atoms with Gasteiger partial charge in [0.15, 0.2) is 11.5 Å². The number of nitrogens with one attached hydrogen (secondary N) is 2. The summed E-state index contributed by atoms with van der Waals surface area (Å²) in [6, 6.07) is 26.7. The maximum Gasteiger partial charge on any atom is 0.264 e. The van der Waals surface area contributed by atoms with Crippen LogP contribution in [0.5, 0.6) is 11.5 Å². The molecule has 218 valence electrons. The zero-order valence-corrected chi connectivity index (χ0v) is 24.6. The van der Waals surface area contributed by atoms with Gasteiger partial charge in [-0.05, 0) is 55.8 Å². The Morgan fingerprint density at radius 2 is 1.48 bits per heavy atom. The molecule has 0 aliphatic carbocycles. The van der Waals surface area contributed by atoms with E-state index in [9.17, 15) is 18.0 Å². The predicted octanol–water partition coefficient (Wildman–Crippen LogP) is 5.34. The smallest absolute Gasteiger partial charge is 0.264 e. The molecule has 10 heteroatoms. The molecule has 42 heavy (non-hydrogen) atoms. The van der Waals surface area contributed by atoms with Crippen molar-refractivity contribution in [2.24, 2.45) is 0 Å². The number of anilines is 2. The molecule has 0 saturated heterocycles. The number of amides is 2. The zero-order chi connectivity index (χ0) is 30.3. The summed E-state index contributed by atoms with van der Waals surface area (Å²) in [4.78, 5) is 26.6. The number of sulfonamides is 1. The highest BCUT2D eigenvalue weighted by Gasteiger charge is 2.29. The van der Waals surface area contributed by atoms with E-state index in [1.807, 2.05) is 44.2 Å². The third kappa shape index (κ3) is 6.90. The molecule has 0 spiro atoms. The molecule has 1 atom stereocenters. The van der Waals surface area contributed by atoms with E-state index < -0.39 is 22.5 Å². The lowest BCUT2D eigenvalue weighted by Crippen LogP contribution is -2.38. The van der Waals surface area contributed by atoms with Crippen LogP contribution in [0.3, 0.4) is 0 Å². The fourth-order valence-corrected chi connectivity index (χ4v) is 5.76. The number of para-hydroxylation sites is 1. The zero-order valence-electron chi connectivity index (χ0n) is 23.8. The lowest BCUT2D eigenvalue weighted by molar-refractivity contribution is -0.114. The van der Waals surface area contributed by atoms with E-state index in [2.05, 4.69) is 10.6 Å². The first-order valence-corrected chi connectivity index (χ1v) is 14.6. The quantitative estimate of drug-likeness (QED) is 0.245. The second kappa shape index (κ2) is 13.2. The van der Waals surface area contributed by atoms with Crippen LogP contribution in [0, 0.1) is 6.92 Å². The Bertz CT molecular complexity index is 1660. The maximum absolute atomic E-state index is 13.8. The number of rotatable bonds is 11. The van der Waals surface area contributed by atoms with E-state index in [0.29, 0.717) is 11.5 Å². The molecule has 0 bridgehead atoms. The van der Waals surface area contributed by atoms with Crippen LogP contribution in [0.15, 0.2) is 102 Å². The second-order valence-electron chi connectivity index (χ2n) is 9.56. The molecule has 0 aliphatic heterocycles. The molecule has 9 nitrogen and oxygen atoms in total. The molecular weight excluding hydrogens is 554 g/mol. The van der Waals surface area contributed by atoms with E-state index in [1.54, 1.807) is 42.5 Å². The number of nitrogens with zero attached hydrogens (tertiary/aromatic N) is 1. The van der Waals surface area contributed by atoms with Crippen LogP contribution in [0.2, 0.25) is 0 Å². The predicted molar refractivity (Wildman–Crippen MR) is 163 cm³/mol. The summed E-state index contributed by atoms with van der Waals surface area (Å²) in [5, 5.41) is 5.67. The minimum absolute atomic E-state index is 0.0189. The van der Waals surface area contributed by atoms with Gasteiger partial charge in [-0.1, -0.05) is 60.2 Å². The molecule has 0 aliphatic rings. The number of carbonyl (C=O) groups is 2. The maximum atomic E-state index is 13.8. The monoisotopic (exact) mass is 587 g/mol. The van der Waals surface area contributed by atoms with Gasteiger partial charge in [0.25, 0.3) is 15.9 Å². The van der Waals surface area contributed by atoms with Crippen molar-refractivity contribution in [1.82, 2.24) is 5.32 Å². The first-order valence-electron chi connectivity index (χ1n) is 13.2. The van der Waals surface area contributed by atoms with Gasteiger partial charge < -0.3 is 20.1 Å². The molecule has 0 saturated carbocycles. The molecule has 0 heterocycles. The van der Waals surface area contributed by atoms with Crippen LogP contribution in [0.1, 0.15) is 34.5 Å². The lowest BCUT2D eigenvalue weighted by atomic mass is 10.1. The number of aryl methyl sites for hydroxylation is 1. The van der Waals surface area contributed by atoms with Crippen LogP contribution in [0.25, 0.3) is 0 Å². The molecule has 4 rings (SSSR count). The normalized spacial score (nSPS) is 11.7. The van der Waals surface area contributed by atoms with Crippen molar-refractivity contribution in [2.45, 2.75) is 24.8 Å². The van der Waals surface area contributed by atoms with Gasteiger partial charge in [0, 0.05) is 6.07 Å². The minimum Gasteiger partial charge on any atom is -0.493 e. The average molecular weight is 588 g/mol. The standard InChI is InChI=1S/C32H33N3O6S/c1-22-14-17-26(18-15-22)42(38,39)35(25-16-19-29(40-3)30(20-25)41-4)21-31(36)34-28-13-9-8-12-27(28)32(37)33-23(2)24-10-6-5-7-11-24/h5-20,23H,21H2,1-4H3,(H,33,37)(H,34,36)/t23-/m1/s1. The number of carbonyl (C=O) groups excluding carboxylic acids is 2. The first kappa shape index (κ1) is 30.1. The molecule has 2 amide bonds. The highest BCUT2D eigenvalue weighted by atomic mass is 32.2. The van der Waals surface area contributed by atoms with Crippen LogP contribution >= 0.6 is 0 Å². The molecule has 4 aromatic rings. The van der Waals surface area contributed by atoms with Gasteiger partial charge in [0.2, 0.25) is 5.91 Å². The summed E-state index contributed by atoms with van der Waals surface area (Å²) in [6.07, 6.45) is 0. The van der Waals surface area contributed by atoms with Crippen LogP contribution in [-0.2, 0) is 14.8 Å². The summed E-state index contributed by atoms with van der Waals surface area (Å²) >= 11 is 0. The van der Waals surface area contributed by atoms with Gasteiger partial charge in [-0.3, -0.25) is 13.9 Å². The van der Waals surface area contributed by atoms with E-state index in [-0.39, 0.29) is 33.8 Å². The highest BCUT2D eigenvalue weighted by Crippen LogP contribution is 2.34. The van der Waals surface area contributed by atoms with Crippen molar-refractivity contribution in [2.75, 3.05) is 30.4 Å². The van der Waals surface area contributed by atoms with E-state index in [4.69, 9.17) is 9.47 Å². The molecule has 0 unspecified atom stereocenters. The Hall–Kier alpha value is -4.83. The lowest BCUT2D eigenvalue weighted by Gasteiger charge is -2.25. The van der Waals surface area contributed by atoms with E-state index in [0.717, 1.165) is 15.4 Å². The highest BCUT2D eigenvalue weighted by molar-refractivity contribution is 7.92.